The summed E-state index contributed by atoms with van der Waals surface area (Å²) in [6.45, 7) is 7.36. The first kappa shape index (κ1) is 27.7. The summed E-state index contributed by atoms with van der Waals surface area (Å²) in [7, 11) is 0. The average molecular weight is 410 g/mol. The highest BCUT2D eigenvalue weighted by Crippen LogP contribution is 2.14. The van der Waals surface area contributed by atoms with E-state index < -0.39 is 11.9 Å². The van der Waals surface area contributed by atoms with Crippen molar-refractivity contribution in [2.24, 2.45) is 5.92 Å². The van der Waals surface area contributed by atoms with Crippen LogP contribution < -0.4 is 0 Å². The van der Waals surface area contributed by atoms with E-state index in [0.717, 1.165) is 12.8 Å². The molecule has 0 saturated heterocycles. The number of carbonyl (C=O) groups is 2. The van der Waals surface area contributed by atoms with Gasteiger partial charge in [0.25, 0.3) is 0 Å². The van der Waals surface area contributed by atoms with Crippen LogP contribution in [0.4, 0.5) is 0 Å². The Kier molecular flexibility index (Phi) is 19.1. The highest BCUT2D eigenvalue weighted by Gasteiger charge is 2.20. The Morgan fingerprint density at radius 1 is 0.759 bits per heavy atom. The van der Waals surface area contributed by atoms with Crippen molar-refractivity contribution in [3.63, 3.8) is 0 Å². The lowest BCUT2D eigenvalue weighted by Gasteiger charge is -2.19. The molecule has 0 aromatic carbocycles. The minimum absolute atomic E-state index is 0.0616. The molecule has 0 fully saturated rings. The summed E-state index contributed by atoms with van der Waals surface area (Å²) < 4.78 is 0. The third-order valence-electron chi connectivity index (χ3n) is 5.67. The number of rotatable bonds is 20. The first-order valence-corrected chi connectivity index (χ1v) is 12.2. The smallest absolute Gasteiger partial charge is 0.310 e. The Bertz CT molecular complexity index is 430. The molecule has 4 nitrogen and oxygen atoms in total. The summed E-state index contributed by atoms with van der Waals surface area (Å²) in [6, 6.07) is 0. The van der Waals surface area contributed by atoms with Crippen molar-refractivity contribution in [3.8, 4) is 0 Å². The van der Waals surface area contributed by atoms with Crippen LogP contribution in [0, 0.1) is 5.92 Å². The van der Waals surface area contributed by atoms with Crippen molar-refractivity contribution in [1.82, 2.24) is 4.90 Å². The summed E-state index contributed by atoms with van der Waals surface area (Å²) in [5.41, 5.74) is 0. The molecule has 29 heavy (non-hydrogen) atoms. The van der Waals surface area contributed by atoms with Gasteiger partial charge >= 0.3 is 5.97 Å². The molecule has 0 aliphatic carbocycles. The molecular formula is C25H47NO3. The van der Waals surface area contributed by atoms with Crippen LogP contribution in [0.2, 0.25) is 0 Å². The predicted octanol–water partition coefficient (Wildman–Crippen LogP) is 6.98. The van der Waals surface area contributed by atoms with Crippen molar-refractivity contribution >= 4 is 11.9 Å². The van der Waals surface area contributed by atoms with Crippen molar-refractivity contribution in [3.05, 3.63) is 12.2 Å². The molecule has 0 aliphatic rings. The molecule has 0 radical (unpaired) electrons. The summed E-state index contributed by atoms with van der Waals surface area (Å²) in [5, 5.41) is 9.34. The zero-order chi connectivity index (χ0) is 21.7. The predicted molar refractivity (Wildman–Crippen MR) is 123 cm³/mol. The minimum atomic E-state index is -0.910. The molecule has 170 valence electrons. The van der Waals surface area contributed by atoms with E-state index in [4.69, 9.17) is 0 Å². The average Bonchev–Trinajstić information content (AvgIpc) is 2.70. The second kappa shape index (κ2) is 20.0. The van der Waals surface area contributed by atoms with Crippen molar-refractivity contribution in [2.75, 3.05) is 13.1 Å². The third kappa shape index (κ3) is 16.2. The van der Waals surface area contributed by atoms with Gasteiger partial charge in [-0.1, -0.05) is 96.1 Å². The molecule has 0 bridgehead atoms. The van der Waals surface area contributed by atoms with Gasteiger partial charge in [0.15, 0.2) is 0 Å². The summed E-state index contributed by atoms with van der Waals surface area (Å²) in [4.78, 5) is 25.2. The topological polar surface area (TPSA) is 57.6 Å². The van der Waals surface area contributed by atoms with Gasteiger partial charge in [-0.25, -0.2) is 0 Å². The van der Waals surface area contributed by atoms with E-state index in [0.29, 0.717) is 13.1 Å². The molecule has 1 N–H and O–H groups in total. The standard InChI is InChI=1S/C25H47NO3/c1-4-7-8-9-10-11-12-13-14-15-16-17-18-19-20-21-23(25(28)29)22-24(27)26(5-2)6-3/h20-21,23H,4-19,22H2,1-3H3,(H,28,29)/b21-20+. The number of carboxylic acid groups (broad SMARTS) is 1. The molecule has 0 heterocycles. The highest BCUT2D eigenvalue weighted by atomic mass is 16.4. The van der Waals surface area contributed by atoms with Gasteiger partial charge in [-0.15, -0.1) is 0 Å². The Balaban J connectivity index is 3.70. The minimum Gasteiger partial charge on any atom is -0.481 e. The third-order valence-corrected chi connectivity index (χ3v) is 5.67. The van der Waals surface area contributed by atoms with Crippen LogP contribution in [-0.2, 0) is 9.59 Å². The van der Waals surface area contributed by atoms with E-state index in [1.807, 2.05) is 19.9 Å². The number of hydrogen-bond donors (Lipinski definition) is 1. The number of amides is 1. The summed E-state index contributed by atoms with van der Waals surface area (Å²) in [6.07, 6.45) is 22.0. The zero-order valence-electron chi connectivity index (χ0n) is 19.5. The SMILES string of the molecule is CCCCCCCCCCCCCCC/C=C/C(CC(=O)N(CC)CC)C(=O)O. The van der Waals surface area contributed by atoms with Gasteiger partial charge < -0.3 is 10.0 Å². The van der Waals surface area contributed by atoms with Gasteiger partial charge in [-0.2, -0.15) is 0 Å². The lowest BCUT2D eigenvalue weighted by Crippen LogP contribution is -2.33. The number of carbonyl (C=O) groups excluding carboxylic acids is 1. The van der Waals surface area contributed by atoms with Gasteiger partial charge in [0.05, 0.1) is 5.92 Å². The largest absolute Gasteiger partial charge is 0.481 e. The Hall–Kier alpha value is -1.32. The highest BCUT2D eigenvalue weighted by molar-refractivity contribution is 5.83. The van der Waals surface area contributed by atoms with E-state index in [1.165, 1.54) is 77.0 Å². The van der Waals surface area contributed by atoms with Gasteiger partial charge in [0.1, 0.15) is 0 Å². The van der Waals surface area contributed by atoms with E-state index in [9.17, 15) is 14.7 Å². The van der Waals surface area contributed by atoms with E-state index in [2.05, 4.69) is 6.92 Å². The maximum absolute atomic E-state index is 12.1. The Morgan fingerprint density at radius 2 is 1.21 bits per heavy atom. The second-order valence-electron chi connectivity index (χ2n) is 8.17. The van der Waals surface area contributed by atoms with Gasteiger partial charge in [0, 0.05) is 19.5 Å². The van der Waals surface area contributed by atoms with Crippen LogP contribution in [0.15, 0.2) is 12.2 Å². The lowest BCUT2D eigenvalue weighted by atomic mass is 10.0. The fourth-order valence-electron chi connectivity index (χ4n) is 3.67. The number of hydrogen-bond acceptors (Lipinski definition) is 2. The normalized spacial score (nSPS) is 12.4. The fraction of sp³-hybridized carbons (Fsp3) is 0.840. The van der Waals surface area contributed by atoms with Crippen LogP contribution in [-0.4, -0.2) is 35.0 Å². The number of nitrogens with zero attached hydrogens (tertiary/aromatic N) is 1. The Morgan fingerprint density at radius 3 is 1.62 bits per heavy atom. The van der Waals surface area contributed by atoms with Crippen molar-refractivity contribution < 1.29 is 14.7 Å². The quantitative estimate of drug-likeness (QED) is 0.174. The molecule has 4 heteroatoms. The molecule has 1 unspecified atom stereocenters. The summed E-state index contributed by atoms with van der Waals surface area (Å²) >= 11 is 0. The second-order valence-corrected chi connectivity index (χ2v) is 8.17. The van der Waals surface area contributed by atoms with Crippen molar-refractivity contribution in [2.45, 2.75) is 117 Å². The number of unbranched alkanes of at least 4 members (excludes halogenated alkanes) is 13. The molecule has 0 saturated carbocycles. The molecule has 1 amide bonds. The molecule has 0 aromatic rings. The van der Waals surface area contributed by atoms with Crippen LogP contribution in [0.3, 0.4) is 0 Å². The van der Waals surface area contributed by atoms with Crippen LogP contribution >= 0.6 is 0 Å². The van der Waals surface area contributed by atoms with Crippen molar-refractivity contribution in [1.29, 1.82) is 0 Å². The fourth-order valence-corrected chi connectivity index (χ4v) is 3.67. The number of aliphatic carboxylic acids is 1. The van der Waals surface area contributed by atoms with Gasteiger partial charge in [-0.05, 0) is 26.7 Å². The Labute approximate surface area is 180 Å². The maximum atomic E-state index is 12.1. The molecule has 0 spiro atoms. The molecule has 0 rings (SSSR count). The summed E-state index contributed by atoms with van der Waals surface area (Å²) in [5.74, 6) is -1.69. The van der Waals surface area contributed by atoms with Crippen LogP contribution in [0.1, 0.15) is 117 Å². The number of allylic oxidation sites excluding steroid dienone is 1. The van der Waals surface area contributed by atoms with E-state index >= 15 is 0 Å². The van der Waals surface area contributed by atoms with Crippen LogP contribution in [0.5, 0.6) is 0 Å². The first-order chi connectivity index (χ1) is 14.1. The molecule has 0 aliphatic heterocycles. The number of carboxylic acids is 1. The van der Waals surface area contributed by atoms with E-state index in [1.54, 1.807) is 11.0 Å². The lowest BCUT2D eigenvalue weighted by molar-refractivity contribution is -0.144. The van der Waals surface area contributed by atoms with Crippen LogP contribution in [0.25, 0.3) is 0 Å². The first-order valence-electron chi connectivity index (χ1n) is 12.2. The molecular weight excluding hydrogens is 362 g/mol. The van der Waals surface area contributed by atoms with E-state index in [-0.39, 0.29) is 12.3 Å². The maximum Gasteiger partial charge on any atom is 0.310 e. The van der Waals surface area contributed by atoms with Gasteiger partial charge in [0.2, 0.25) is 5.91 Å². The monoisotopic (exact) mass is 409 g/mol. The molecule has 0 aromatic heterocycles. The zero-order valence-corrected chi connectivity index (χ0v) is 19.5. The van der Waals surface area contributed by atoms with Gasteiger partial charge in [-0.3, -0.25) is 9.59 Å². The molecule has 1 atom stereocenters.